The molecule has 31 heavy (non-hydrogen) atoms. The maximum atomic E-state index is 12.6. The zero-order chi connectivity index (χ0) is 22.8. The average Bonchev–Trinajstić information content (AvgIpc) is 3.16. The molecule has 0 bridgehead atoms. The van der Waals surface area contributed by atoms with Gasteiger partial charge in [-0.1, -0.05) is 11.6 Å². The van der Waals surface area contributed by atoms with E-state index in [1.54, 1.807) is 24.3 Å². The molecule has 1 heterocycles. The fourth-order valence-corrected chi connectivity index (χ4v) is 5.25. The minimum atomic E-state index is -3.99. The Morgan fingerprint density at radius 1 is 1.10 bits per heavy atom. The van der Waals surface area contributed by atoms with E-state index in [0.29, 0.717) is 16.3 Å². The van der Waals surface area contributed by atoms with Gasteiger partial charge in [-0.15, -0.1) is 11.3 Å². The Bertz CT molecular complexity index is 1260. The lowest BCUT2D eigenvalue weighted by Crippen LogP contribution is -2.41. The molecule has 0 fully saturated rings. The van der Waals surface area contributed by atoms with E-state index in [1.807, 2.05) is 0 Å². The Hall–Kier alpha value is -2.66. The SMILES string of the molecule is COC(=O)c1cc2cc(NC(=O)C(C)NS(=O)(=O)c3ccc(OC)c(Cl)c3)ccc2s1. The van der Waals surface area contributed by atoms with E-state index < -0.39 is 27.9 Å². The number of rotatable bonds is 7. The molecule has 0 saturated heterocycles. The zero-order valence-electron chi connectivity index (χ0n) is 16.8. The Morgan fingerprint density at radius 2 is 1.84 bits per heavy atom. The second-order valence-electron chi connectivity index (χ2n) is 6.48. The summed E-state index contributed by atoms with van der Waals surface area (Å²) in [5, 5.41) is 3.56. The highest BCUT2D eigenvalue weighted by Crippen LogP contribution is 2.29. The summed E-state index contributed by atoms with van der Waals surface area (Å²) in [6, 6.07) is 9.74. The van der Waals surface area contributed by atoms with Crippen molar-refractivity contribution < 1.29 is 27.5 Å². The molecule has 3 aromatic rings. The van der Waals surface area contributed by atoms with Crippen LogP contribution in [-0.4, -0.2) is 40.6 Å². The predicted octanol–water partition coefficient (Wildman–Crippen LogP) is 3.66. The van der Waals surface area contributed by atoms with Gasteiger partial charge < -0.3 is 14.8 Å². The molecule has 11 heteroatoms. The third-order valence-corrected chi connectivity index (χ3v) is 7.26. The highest BCUT2D eigenvalue weighted by Gasteiger charge is 2.23. The minimum Gasteiger partial charge on any atom is -0.495 e. The van der Waals surface area contributed by atoms with E-state index in [2.05, 4.69) is 10.0 Å². The fourth-order valence-electron chi connectivity index (χ4n) is 2.74. The van der Waals surface area contributed by atoms with Crippen molar-refractivity contribution in [3.63, 3.8) is 0 Å². The molecule has 0 radical (unpaired) electrons. The number of fused-ring (bicyclic) bond motifs is 1. The average molecular weight is 483 g/mol. The largest absolute Gasteiger partial charge is 0.495 e. The molecule has 1 amide bonds. The van der Waals surface area contributed by atoms with E-state index in [9.17, 15) is 18.0 Å². The van der Waals surface area contributed by atoms with Gasteiger partial charge in [-0.3, -0.25) is 4.79 Å². The first-order chi connectivity index (χ1) is 14.6. The second kappa shape index (κ2) is 9.23. The molecule has 0 aliphatic rings. The van der Waals surface area contributed by atoms with Gasteiger partial charge in [0.25, 0.3) is 0 Å². The van der Waals surface area contributed by atoms with Gasteiger partial charge in [-0.05, 0) is 54.8 Å². The molecule has 8 nitrogen and oxygen atoms in total. The molecule has 0 saturated carbocycles. The maximum Gasteiger partial charge on any atom is 0.348 e. The molecule has 0 spiro atoms. The first-order valence-corrected chi connectivity index (χ1v) is 11.6. The van der Waals surface area contributed by atoms with Crippen LogP contribution in [0, 0.1) is 0 Å². The Morgan fingerprint density at radius 3 is 2.48 bits per heavy atom. The predicted molar refractivity (Wildman–Crippen MR) is 120 cm³/mol. The third-order valence-electron chi connectivity index (χ3n) is 4.33. The summed E-state index contributed by atoms with van der Waals surface area (Å²) in [6.07, 6.45) is 0. The molecule has 1 unspecified atom stereocenters. The summed E-state index contributed by atoms with van der Waals surface area (Å²) in [5.74, 6) is -0.648. The normalized spacial score (nSPS) is 12.4. The highest BCUT2D eigenvalue weighted by molar-refractivity contribution is 7.89. The first-order valence-electron chi connectivity index (χ1n) is 8.93. The molecule has 0 aliphatic carbocycles. The molecule has 2 aromatic carbocycles. The van der Waals surface area contributed by atoms with Crippen LogP contribution in [0.4, 0.5) is 5.69 Å². The van der Waals surface area contributed by atoms with E-state index >= 15 is 0 Å². The number of thiophene rings is 1. The van der Waals surface area contributed by atoms with Crippen LogP contribution in [-0.2, 0) is 19.6 Å². The first kappa shape index (κ1) is 23.0. The number of nitrogens with one attached hydrogen (secondary N) is 2. The van der Waals surface area contributed by atoms with Crippen molar-refractivity contribution in [2.24, 2.45) is 0 Å². The van der Waals surface area contributed by atoms with Crippen LogP contribution in [0.3, 0.4) is 0 Å². The lowest BCUT2D eigenvalue weighted by molar-refractivity contribution is -0.117. The Balaban J connectivity index is 1.72. The fraction of sp³-hybridized carbons (Fsp3) is 0.200. The number of halogens is 1. The van der Waals surface area contributed by atoms with E-state index in [-0.39, 0.29) is 9.92 Å². The number of esters is 1. The minimum absolute atomic E-state index is 0.0898. The van der Waals surface area contributed by atoms with Gasteiger partial charge in [0.15, 0.2) is 0 Å². The molecule has 3 rings (SSSR count). The number of amides is 1. The maximum absolute atomic E-state index is 12.6. The van der Waals surface area contributed by atoms with Crippen LogP contribution >= 0.6 is 22.9 Å². The van der Waals surface area contributed by atoms with E-state index in [1.165, 1.54) is 50.7 Å². The number of benzene rings is 2. The highest BCUT2D eigenvalue weighted by atomic mass is 35.5. The number of carbonyl (C=O) groups excluding carboxylic acids is 2. The number of sulfonamides is 1. The molecular formula is C20H19ClN2O6S2. The van der Waals surface area contributed by atoms with Crippen molar-refractivity contribution in [3.8, 4) is 5.75 Å². The molecule has 164 valence electrons. The summed E-state index contributed by atoms with van der Waals surface area (Å²) < 4.78 is 38.1. The Labute approximate surface area is 188 Å². The van der Waals surface area contributed by atoms with Crippen molar-refractivity contribution in [3.05, 3.63) is 52.4 Å². The standard InChI is InChI=1S/C20H19ClN2O6S2/c1-11(23-31(26,27)14-5-6-16(28-2)15(21)10-14)19(24)22-13-4-7-17-12(8-13)9-18(30-17)20(25)29-3/h4-11,23H,1-3H3,(H,22,24). The van der Waals surface area contributed by atoms with Gasteiger partial charge >= 0.3 is 5.97 Å². The van der Waals surface area contributed by atoms with Crippen molar-refractivity contribution in [2.75, 3.05) is 19.5 Å². The smallest absolute Gasteiger partial charge is 0.348 e. The van der Waals surface area contributed by atoms with Gasteiger partial charge in [0.1, 0.15) is 10.6 Å². The van der Waals surface area contributed by atoms with Gasteiger partial charge in [-0.25, -0.2) is 13.2 Å². The molecule has 1 atom stereocenters. The van der Waals surface area contributed by atoms with Crippen LogP contribution in [0.25, 0.3) is 10.1 Å². The van der Waals surface area contributed by atoms with Crippen molar-refractivity contribution in [1.82, 2.24) is 4.72 Å². The van der Waals surface area contributed by atoms with Crippen LogP contribution in [0.15, 0.2) is 47.4 Å². The topological polar surface area (TPSA) is 111 Å². The zero-order valence-corrected chi connectivity index (χ0v) is 19.2. The summed E-state index contributed by atoms with van der Waals surface area (Å²) in [5.41, 5.74) is 0.463. The molecule has 0 aliphatic heterocycles. The van der Waals surface area contributed by atoms with Crippen LogP contribution in [0.2, 0.25) is 5.02 Å². The summed E-state index contributed by atoms with van der Waals surface area (Å²) in [4.78, 5) is 24.6. The lowest BCUT2D eigenvalue weighted by atomic mass is 10.2. The summed E-state index contributed by atoms with van der Waals surface area (Å²) in [7, 11) is -1.26. The van der Waals surface area contributed by atoms with Gasteiger partial charge in [0.2, 0.25) is 15.9 Å². The summed E-state index contributed by atoms with van der Waals surface area (Å²) >= 11 is 7.27. The number of ether oxygens (including phenoxy) is 2. The van der Waals surface area contributed by atoms with Crippen molar-refractivity contribution >= 4 is 60.6 Å². The second-order valence-corrected chi connectivity index (χ2v) is 9.69. The van der Waals surface area contributed by atoms with Crippen molar-refractivity contribution in [2.45, 2.75) is 17.9 Å². The number of carbonyl (C=O) groups is 2. The summed E-state index contributed by atoms with van der Waals surface area (Å²) in [6.45, 7) is 1.43. The quantitative estimate of drug-likeness (QED) is 0.497. The van der Waals surface area contributed by atoms with E-state index in [4.69, 9.17) is 21.1 Å². The van der Waals surface area contributed by atoms with Gasteiger partial charge in [-0.2, -0.15) is 4.72 Å². The van der Waals surface area contributed by atoms with Crippen LogP contribution in [0.1, 0.15) is 16.6 Å². The lowest BCUT2D eigenvalue weighted by Gasteiger charge is -2.15. The number of hydrogen-bond donors (Lipinski definition) is 2. The number of methoxy groups -OCH3 is 2. The van der Waals surface area contributed by atoms with Crippen LogP contribution < -0.4 is 14.8 Å². The van der Waals surface area contributed by atoms with E-state index in [0.717, 1.165) is 10.1 Å². The molecule has 2 N–H and O–H groups in total. The Kier molecular flexibility index (Phi) is 6.85. The van der Waals surface area contributed by atoms with Gasteiger partial charge in [0.05, 0.1) is 30.2 Å². The number of anilines is 1. The monoisotopic (exact) mass is 482 g/mol. The van der Waals surface area contributed by atoms with Gasteiger partial charge in [0, 0.05) is 10.4 Å². The van der Waals surface area contributed by atoms with Crippen molar-refractivity contribution in [1.29, 1.82) is 0 Å². The third kappa shape index (κ3) is 5.16. The number of hydrogen-bond acceptors (Lipinski definition) is 7. The van der Waals surface area contributed by atoms with Crippen LogP contribution in [0.5, 0.6) is 5.75 Å². The molecule has 1 aromatic heterocycles. The molecular weight excluding hydrogens is 464 g/mol.